The Bertz CT molecular complexity index is 262. The van der Waals surface area contributed by atoms with E-state index in [1.54, 1.807) is 0 Å². The fourth-order valence-corrected chi connectivity index (χ4v) is 2.84. The fraction of sp³-hybridized carbons (Fsp3) is 0.933. The Balaban J connectivity index is 2.26. The SMILES string of the molecule is COC(=O)C(C)NCC1CCC(C(C)(C)C)CC1. The van der Waals surface area contributed by atoms with E-state index in [-0.39, 0.29) is 12.0 Å². The van der Waals surface area contributed by atoms with Gasteiger partial charge in [0.1, 0.15) is 6.04 Å². The topological polar surface area (TPSA) is 38.3 Å². The normalized spacial score (nSPS) is 26.7. The van der Waals surface area contributed by atoms with Crippen molar-refractivity contribution in [3.8, 4) is 0 Å². The first kappa shape index (κ1) is 15.5. The first-order chi connectivity index (χ1) is 8.34. The van der Waals surface area contributed by atoms with Crippen molar-refractivity contribution in [2.45, 2.75) is 59.4 Å². The van der Waals surface area contributed by atoms with Gasteiger partial charge < -0.3 is 10.1 Å². The number of carbonyl (C=O) groups excluding carboxylic acids is 1. The van der Waals surface area contributed by atoms with Crippen LogP contribution in [0, 0.1) is 17.3 Å². The molecule has 0 heterocycles. The van der Waals surface area contributed by atoms with Gasteiger partial charge in [-0.15, -0.1) is 0 Å². The van der Waals surface area contributed by atoms with E-state index >= 15 is 0 Å². The first-order valence-corrected chi connectivity index (χ1v) is 7.15. The van der Waals surface area contributed by atoms with E-state index < -0.39 is 0 Å². The molecule has 106 valence electrons. The van der Waals surface area contributed by atoms with Gasteiger partial charge in [0, 0.05) is 0 Å². The molecule has 0 aromatic carbocycles. The predicted molar refractivity (Wildman–Crippen MR) is 74.4 cm³/mol. The molecule has 0 saturated heterocycles. The van der Waals surface area contributed by atoms with Crippen molar-refractivity contribution < 1.29 is 9.53 Å². The number of carbonyl (C=O) groups is 1. The summed E-state index contributed by atoms with van der Waals surface area (Å²) in [5.74, 6) is 1.40. The zero-order valence-electron chi connectivity index (χ0n) is 12.6. The molecule has 0 amide bonds. The van der Waals surface area contributed by atoms with Crippen LogP contribution in [0.3, 0.4) is 0 Å². The molecule has 1 unspecified atom stereocenters. The molecule has 1 aliphatic carbocycles. The third-order valence-corrected chi connectivity index (χ3v) is 4.34. The van der Waals surface area contributed by atoms with E-state index in [1.165, 1.54) is 32.8 Å². The van der Waals surface area contributed by atoms with Crippen molar-refractivity contribution in [1.29, 1.82) is 0 Å². The van der Waals surface area contributed by atoms with Crippen LogP contribution in [0.1, 0.15) is 53.4 Å². The lowest BCUT2D eigenvalue weighted by molar-refractivity contribution is -0.142. The summed E-state index contributed by atoms with van der Waals surface area (Å²) in [6, 6.07) is -0.185. The van der Waals surface area contributed by atoms with E-state index in [9.17, 15) is 4.79 Å². The van der Waals surface area contributed by atoms with E-state index in [4.69, 9.17) is 4.74 Å². The second-order valence-electron chi connectivity index (χ2n) is 6.74. The minimum Gasteiger partial charge on any atom is -0.468 e. The first-order valence-electron chi connectivity index (χ1n) is 7.15. The molecule has 3 nitrogen and oxygen atoms in total. The van der Waals surface area contributed by atoms with Gasteiger partial charge >= 0.3 is 5.97 Å². The van der Waals surface area contributed by atoms with Crippen LogP contribution >= 0.6 is 0 Å². The number of esters is 1. The van der Waals surface area contributed by atoms with Crippen LogP contribution in [0.25, 0.3) is 0 Å². The Labute approximate surface area is 112 Å². The van der Waals surface area contributed by atoms with Crippen molar-refractivity contribution in [3.63, 3.8) is 0 Å². The van der Waals surface area contributed by atoms with Crippen molar-refractivity contribution in [2.24, 2.45) is 17.3 Å². The quantitative estimate of drug-likeness (QED) is 0.785. The van der Waals surface area contributed by atoms with Crippen molar-refractivity contribution in [2.75, 3.05) is 13.7 Å². The highest BCUT2D eigenvalue weighted by Crippen LogP contribution is 2.39. The maximum Gasteiger partial charge on any atom is 0.322 e. The monoisotopic (exact) mass is 255 g/mol. The summed E-state index contributed by atoms with van der Waals surface area (Å²) in [5, 5.41) is 3.28. The predicted octanol–water partition coefficient (Wildman–Crippen LogP) is 2.99. The molecular weight excluding hydrogens is 226 g/mol. The summed E-state index contributed by atoms with van der Waals surface area (Å²) < 4.78 is 4.71. The summed E-state index contributed by atoms with van der Waals surface area (Å²) in [4.78, 5) is 11.3. The van der Waals surface area contributed by atoms with Crippen LogP contribution in [0.5, 0.6) is 0 Å². The van der Waals surface area contributed by atoms with Crippen LogP contribution < -0.4 is 5.32 Å². The minimum absolute atomic E-state index is 0.168. The molecule has 1 fully saturated rings. The van der Waals surface area contributed by atoms with Gasteiger partial charge in [0.15, 0.2) is 0 Å². The van der Waals surface area contributed by atoms with Crippen molar-refractivity contribution in [3.05, 3.63) is 0 Å². The molecule has 18 heavy (non-hydrogen) atoms. The number of methoxy groups -OCH3 is 1. The Kier molecular flexibility index (Phi) is 5.64. The molecule has 1 saturated carbocycles. The van der Waals surface area contributed by atoms with Crippen molar-refractivity contribution in [1.82, 2.24) is 5.32 Å². The average Bonchev–Trinajstić information content (AvgIpc) is 2.34. The zero-order valence-corrected chi connectivity index (χ0v) is 12.6. The smallest absolute Gasteiger partial charge is 0.322 e. The molecule has 0 bridgehead atoms. The summed E-state index contributed by atoms with van der Waals surface area (Å²) in [6.07, 6.45) is 5.20. The number of rotatable bonds is 4. The molecular formula is C15H29NO2. The summed E-state index contributed by atoms with van der Waals surface area (Å²) in [5.41, 5.74) is 0.442. The minimum atomic E-state index is -0.185. The Hall–Kier alpha value is -0.570. The maximum atomic E-state index is 11.3. The fourth-order valence-electron chi connectivity index (χ4n) is 2.84. The van der Waals surface area contributed by atoms with Gasteiger partial charge in [0.2, 0.25) is 0 Å². The standard InChI is InChI=1S/C15H29NO2/c1-11(14(17)18-5)16-10-12-6-8-13(9-7-12)15(2,3)4/h11-13,16H,6-10H2,1-5H3. The van der Waals surface area contributed by atoms with Gasteiger partial charge in [0.05, 0.1) is 7.11 Å². The molecule has 1 rings (SSSR count). The second kappa shape index (κ2) is 6.55. The molecule has 0 radical (unpaired) electrons. The number of hydrogen-bond donors (Lipinski definition) is 1. The third kappa shape index (κ3) is 4.60. The van der Waals surface area contributed by atoms with Gasteiger partial charge in [-0.25, -0.2) is 0 Å². The second-order valence-corrected chi connectivity index (χ2v) is 6.74. The van der Waals surface area contributed by atoms with E-state index in [2.05, 4.69) is 26.1 Å². The molecule has 1 N–H and O–H groups in total. The highest BCUT2D eigenvalue weighted by Gasteiger charge is 2.29. The molecule has 0 spiro atoms. The van der Waals surface area contributed by atoms with Gasteiger partial charge in [-0.1, -0.05) is 20.8 Å². The highest BCUT2D eigenvalue weighted by molar-refractivity contribution is 5.75. The number of nitrogens with one attached hydrogen (secondary N) is 1. The average molecular weight is 255 g/mol. The largest absolute Gasteiger partial charge is 0.468 e. The lowest BCUT2D eigenvalue weighted by Crippen LogP contribution is -2.39. The maximum absolute atomic E-state index is 11.3. The Morgan fingerprint density at radius 2 is 1.83 bits per heavy atom. The Morgan fingerprint density at radius 1 is 1.28 bits per heavy atom. The lowest BCUT2D eigenvalue weighted by Gasteiger charge is -2.37. The molecule has 0 aromatic rings. The van der Waals surface area contributed by atoms with Crippen LogP contribution in [0.2, 0.25) is 0 Å². The van der Waals surface area contributed by atoms with Crippen LogP contribution in [-0.4, -0.2) is 25.7 Å². The number of ether oxygens (including phenoxy) is 1. The molecule has 3 heteroatoms. The van der Waals surface area contributed by atoms with Crippen molar-refractivity contribution >= 4 is 5.97 Å². The van der Waals surface area contributed by atoms with Gasteiger partial charge in [-0.3, -0.25) is 4.79 Å². The highest BCUT2D eigenvalue weighted by atomic mass is 16.5. The van der Waals surface area contributed by atoms with Crippen LogP contribution in [-0.2, 0) is 9.53 Å². The van der Waals surface area contributed by atoms with E-state index in [0.29, 0.717) is 5.41 Å². The lowest BCUT2D eigenvalue weighted by atomic mass is 9.70. The Morgan fingerprint density at radius 3 is 2.28 bits per heavy atom. The number of hydrogen-bond acceptors (Lipinski definition) is 3. The van der Waals surface area contributed by atoms with Gasteiger partial charge in [0.25, 0.3) is 0 Å². The van der Waals surface area contributed by atoms with Gasteiger partial charge in [-0.05, 0) is 56.4 Å². The third-order valence-electron chi connectivity index (χ3n) is 4.34. The van der Waals surface area contributed by atoms with E-state index in [1.807, 2.05) is 6.92 Å². The molecule has 0 aliphatic heterocycles. The summed E-state index contributed by atoms with van der Waals surface area (Å²) in [7, 11) is 1.44. The van der Waals surface area contributed by atoms with Crippen LogP contribution in [0.15, 0.2) is 0 Å². The summed E-state index contributed by atoms with van der Waals surface area (Å²) in [6.45, 7) is 9.83. The zero-order chi connectivity index (χ0) is 13.8. The summed E-state index contributed by atoms with van der Waals surface area (Å²) >= 11 is 0. The van der Waals surface area contributed by atoms with E-state index in [0.717, 1.165) is 18.4 Å². The van der Waals surface area contributed by atoms with Gasteiger partial charge in [-0.2, -0.15) is 0 Å². The molecule has 1 aliphatic rings. The molecule has 1 atom stereocenters. The van der Waals surface area contributed by atoms with Crippen LogP contribution in [0.4, 0.5) is 0 Å². The molecule has 0 aromatic heterocycles.